The van der Waals surface area contributed by atoms with Crippen molar-refractivity contribution in [2.45, 2.75) is 26.6 Å². The number of aryl methyl sites for hydroxylation is 1. The molecule has 0 fully saturated rings. The van der Waals surface area contributed by atoms with Gasteiger partial charge in [0.2, 0.25) is 5.82 Å². The molecule has 0 spiro atoms. The molecule has 0 saturated heterocycles. The van der Waals surface area contributed by atoms with Crippen LogP contribution < -0.4 is 5.73 Å². The number of alkyl halides is 3. The van der Waals surface area contributed by atoms with Crippen LogP contribution in [0.3, 0.4) is 0 Å². The van der Waals surface area contributed by atoms with E-state index >= 15 is 0 Å². The Labute approximate surface area is 165 Å². The fourth-order valence-electron chi connectivity index (χ4n) is 2.51. The zero-order valence-electron chi connectivity index (χ0n) is 15.9. The van der Waals surface area contributed by atoms with Crippen LogP contribution in [0, 0.1) is 6.92 Å². The summed E-state index contributed by atoms with van der Waals surface area (Å²) >= 11 is 0. The lowest BCUT2D eigenvalue weighted by molar-refractivity contribution is -0.137. The van der Waals surface area contributed by atoms with Gasteiger partial charge in [0, 0.05) is 11.3 Å². The lowest BCUT2D eigenvalue weighted by Gasteiger charge is -2.05. The normalized spacial score (nSPS) is 13.0. The first-order valence-corrected chi connectivity index (χ1v) is 8.78. The van der Waals surface area contributed by atoms with Crippen molar-refractivity contribution in [3.05, 3.63) is 77.2 Å². The molecule has 3 aromatic rings. The van der Waals surface area contributed by atoms with Crippen LogP contribution in [0.15, 0.2) is 64.1 Å². The first-order valence-electron chi connectivity index (χ1n) is 8.78. The molecule has 3 rings (SSSR count). The highest BCUT2D eigenvalue weighted by Gasteiger charge is 2.30. The van der Waals surface area contributed by atoms with E-state index in [1.807, 2.05) is 31.2 Å². The van der Waals surface area contributed by atoms with Gasteiger partial charge in [0.15, 0.2) is 0 Å². The second-order valence-electron chi connectivity index (χ2n) is 6.54. The van der Waals surface area contributed by atoms with E-state index in [9.17, 15) is 13.2 Å². The summed E-state index contributed by atoms with van der Waals surface area (Å²) in [5.41, 5.74) is 8.80. The van der Waals surface area contributed by atoms with E-state index in [2.05, 4.69) is 15.1 Å². The monoisotopic (exact) mass is 400 g/mol. The second kappa shape index (κ2) is 8.30. The molecule has 150 valence electrons. The maximum atomic E-state index is 12.7. The molecular weight excluding hydrogens is 381 g/mol. The highest BCUT2D eigenvalue weighted by atomic mass is 19.4. The fraction of sp³-hybridized carbons (Fsp3) is 0.190. The summed E-state index contributed by atoms with van der Waals surface area (Å²) in [4.78, 5) is 8.60. The maximum Gasteiger partial charge on any atom is 0.416 e. The first kappa shape index (κ1) is 20.3. The average Bonchev–Trinajstić information content (AvgIpc) is 3.17. The van der Waals surface area contributed by atoms with Crippen LogP contribution in [-0.2, 0) is 12.7 Å². The molecule has 0 saturated carbocycles. The summed E-state index contributed by atoms with van der Waals surface area (Å²) in [6.07, 6.45) is -2.79. The Morgan fingerprint density at radius 1 is 1.10 bits per heavy atom. The average molecular weight is 400 g/mol. The number of rotatable bonds is 5. The zero-order valence-corrected chi connectivity index (χ0v) is 15.9. The molecular formula is C21H19F3N4O. The van der Waals surface area contributed by atoms with Crippen molar-refractivity contribution < 1.29 is 17.7 Å². The lowest BCUT2D eigenvalue weighted by Crippen LogP contribution is -2.04. The molecule has 0 aliphatic carbocycles. The van der Waals surface area contributed by atoms with E-state index in [1.165, 1.54) is 17.7 Å². The molecule has 2 aromatic carbocycles. The number of nitrogens with two attached hydrogens (primary N) is 1. The minimum atomic E-state index is -4.40. The van der Waals surface area contributed by atoms with Gasteiger partial charge in [-0.25, -0.2) is 0 Å². The zero-order chi connectivity index (χ0) is 21.0. The number of hydrogen-bond donors (Lipinski definition) is 1. The van der Waals surface area contributed by atoms with Gasteiger partial charge in [-0.1, -0.05) is 47.1 Å². The van der Waals surface area contributed by atoms with Crippen LogP contribution in [0.25, 0.3) is 17.1 Å². The van der Waals surface area contributed by atoms with E-state index in [1.54, 1.807) is 13.0 Å². The van der Waals surface area contributed by atoms with Crippen LogP contribution in [0.5, 0.6) is 0 Å². The van der Waals surface area contributed by atoms with Crippen molar-refractivity contribution in [3.8, 4) is 11.4 Å². The Hall–Kier alpha value is -3.42. The van der Waals surface area contributed by atoms with Crippen LogP contribution in [0.4, 0.5) is 13.2 Å². The van der Waals surface area contributed by atoms with Crippen molar-refractivity contribution in [2.24, 2.45) is 10.7 Å². The predicted octanol–water partition coefficient (Wildman–Crippen LogP) is 5.02. The molecule has 5 nitrogen and oxygen atoms in total. The number of nitrogens with zero attached hydrogens (tertiary/aromatic N) is 3. The van der Waals surface area contributed by atoms with Crippen molar-refractivity contribution in [1.29, 1.82) is 0 Å². The van der Waals surface area contributed by atoms with Crippen molar-refractivity contribution in [1.82, 2.24) is 10.1 Å². The van der Waals surface area contributed by atoms with Crippen molar-refractivity contribution in [2.75, 3.05) is 0 Å². The minimum absolute atomic E-state index is 0.0739. The smallest absolute Gasteiger partial charge is 0.394 e. The quantitative estimate of drug-likeness (QED) is 0.610. The van der Waals surface area contributed by atoms with Crippen LogP contribution in [-0.4, -0.2) is 15.9 Å². The number of halogens is 3. The van der Waals surface area contributed by atoms with E-state index < -0.39 is 11.7 Å². The molecule has 2 N–H and O–H groups in total. The number of aromatic nitrogens is 2. The molecule has 0 atom stereocenters. The molecule has 0 aliphatic rings. The topological polar surface area (TPSA) is 77.3 Å². The summed E-state index contributed by atoms with van der Waals surface area (Å²) in [6.45, 7) is 4.33. The van der Waals surface area contributed by atoms with E-state index in [4.69, 9.17) is 10.3 Å². The van der Waals surface area contributed by atoms with E-state index in [0.29, 0.717) is 17.8 Å². The Morgan fingerprint density at radius 3 is 2.38 bits per heavy atom. The highest BCUT2D eigenvalue weighted by Crippen LogP contribution is 2.30. The lowest BCUT2D eigenvalue weighted by atomic mass is 10.1. The van der Waals surface area contributed by atoms with Gasteiger partial charge < -0.3 is 10.3 Å². The largest absolute Gasteiger partial charge is 0.416 e. The van der Waals surface area contributed by atoms with Crippen LogP contribution in [0.2, 0.25) is 0 Å². The molecule has 29 heavy (non-hydrogen) atoms. The maximum absolute atomic E-state index is 12.7. The van der Waals surface area contributed by atoms with Gasteiger partial charge in [0.25, 0.3) is 5.89 Å². The summed E-state index contributed by atoms with van der Waals surface area (Å²) < 4.78 is 43.1. The van der Waals surface area contributed by atoms with Gasteiger partial charge >= 0.3 is 6.18 Å². The molecule has 0 aliphatic heterocycles. The number of allylic oxidation sites excluding steroid dienone is 1. The molecule has 1 aromatic heterocycles. The summed E-state index contributed by atoms with van der Waals surface area (Å²) in [6, 6.07) is 12.6. The molecule has 8 heteroatoms. The van der Waals surface area contributed by atoms with Gasteiger partial charge in [-0.2, -0.15) is 18.2 Å². The van der Waals surface area contributed by atoms with E-state index in [-0.39, 0.29) is 17.4 Å². The Morgan fingerprint density at radius 2 is 1.76 bits per heavy atom. The van der Waals surface area contributed by atoms with Gasteiger partial charge in [-0.15, -0.1) is 0 Å². The number of benzene rings is 2. The Kier molecular flexibility index (Phi) is 5.81. The Balaban J connectivity index is 1.71. The number of aliphatic imine (C=N–C) groups is 1. The first-order chi connectivity index (χ1) is 13.7. The predicted molar refractivity (Wildman–Crippen MR) is 105 cm³/mol. The highest BCUT2D eigenvalue weighted by molar-refractivity contribution is 5.98. The second-order valence-corrected chi connectivity index (χ2v) is 6.54. The fourth-order valence-corrected chi connectivity index (χ4v) is 2.51. The van der Waals surface area contributed by atoms with Crippen LogP contribution >= 0.6 is 0 Å². The van der Waals surface area contributed by atoms with Gasteiger partial charge in [-0.3, -0.25) is 4.99 Å². The molecule has 0 radical (unpaired) electrons. The third-order valence-corrected chi connectivity index (χ3v) is 4.14. The van der Waals surface area contributed by atoms with Crippen molar-refractivity contribution >= 4 is 11.4 Å². The summed E-state index contributed by atoms with van der Waals surface area (Å²) in [5.74, 6) is 0.226. The molecule has 0 bridgehead atoms. The Bertz CT molecular complexity index is 1030. The third-order valence-electron chi connectivity index (χ3n) is 4.14. The number of hydrogen-bond acceptors (Lipinski definition) is 5. The van der Waals surface area contributed by atoms with Gasteiger partial charge in [-0.05, 0) is 37.6 Å². The van der Waals surface area contributed by atoms with Gasteiger partial charge in [0.05, 0.1) is 17.8 Å². The van der Waals surface area contributed by atoms with Crippen LogP contribution in [0.1, 0.15) is 29.5 Å². The van der Waals surface area contributed by atoms with Gasteiger partial charge in [0.1, 0.15) is 0 Å². The SMILES string of the molecule is CC(/C=C(\N)c1nc(-c2ccc(C(F)(F)F)cc2)no1)=NCc1ccc(C)cc1. The standard InChI is InChI=1S/C21H19F3N4O/c1-13-3-5-15(6-4-13)12-26-14(2)11-18(25)20-27-19(28-29-20)16-7-9-17(10-8-16)21(22,23)24/h3-11H,12,25H2,1-2H3/b18-11-,26-14?. The minimum Gasteiger partial charge on any atom is -0.394 e. The molecule has 1 heterocycles. The summed E-state index contributed by atoms with van der Waals surface area (Å²) in [5, 5.41) is 3.78. The van der Waals surface area contributed by atoms with E-state index in [0.717, 1.165) is 17.7 Å². The molecule has 0 unspecified atom stereocenters. The summed E-state index contributed by atoms with van der Waals surface area (Å²) in [7, 11) is 0. The molecule has 0 amide bonds. The third kappa shape index (κ3) is 5.31. The van der Waals surface area contributed by atoms with Crippen molar-refractivity contribution in [3.63, 3.8) is 0 Å².